The maximum absolute atomic E-state index is 9.33. The van der Waals surface area contributed by atoms with Crippen LogP contribution in [0.4, 0.5) is 0 Å². The lowest BCUT2D eigenvalue weighted by atomic mass is 10.0. The highest BCUT2D eigenvalue weighted by Gasteiger charge is 2.04. The van der Waals surface area contributed by atoms with E-state index in [1.54, 1.807) is 12.1 Å². The molecule has 14 heavy (non-hydrogen) atoms. The number of benzene rings is 1. The zero-order chi connectivity index (χ0) is 10.6. The quantitative estimate of drug-likeness (QED) is 0.571. The van der Waals surface area contributed by atoms with Crippen molar-refractivity contribution in [1.82, 2.24) is 0 Å². The van der Waals surface area contributed by atoms with Gasteiger partial charge in [0.2, 0.25) is 0 Å². The number of phenols is 2. The van der Waals surface area contributed by atoms with Crippen LogP contribution in [0.25, 0.3) is 0 Å². The second-order valence-electron chi connectivity index (χ2n) is 3.72. The monoisotopic (exact) mass is 194 g/mol. The van der Waals surface area contributed by atoms with E-state index in [1.807, 2.05) is 6.92 Å². The largest absolute Gasteiger partial charge is 0.504 e. The summed E-state index contributed by atoms with van der Waals surface area (Å²) in [6.07, 6.45) is 4.53. The Morgan fingerprint density at radius 1 is 1.07 bits per heavy atom. The van der Waals surface area contributed by atoms with Crippen molar-refractivity contribution in [2.24, 2.45) is 0 Å². The molecule has 2 heteroatoms. The third kappa shape index (κ3) is 2.66. The Balaban J connectivity index is 2.72. The van der Waals surface area contributed by atoms with Gasteiger partial charge < -0.3 is 10.2 Å². The van der Waals surface area contributed by atoms with Crippen LogP contribution < -0.4 is 0 Å². The first-order valence-electron chi connectivity index (χ1n) is 5.16. The van der Waals surface area contributed by atoms with Crippen LogP contribution in [0.2, 0.25) is 0 Å². The summed E-state index contributed by atoms with van der Waals surface area (Å²) in [5, 5.41) is 18.6. The van der Waals surface area contributed by atoms with Gasteiger partial charge >= 0.3 is 0 Å². The third-order valence-electron chi connectivity index (χ3n) is 2.48. The van der Waals surface area contributed by atoms with Crippen molar-refractivity contribution < 1.29 is 10.2 Å². The second kappa shape index (κ2) is 4.89. The SMILES string of the molecule is CCCCCc1cc(O)c(O)cc1C. The van der Waals surface area contributed by atoms with Crippen LogP contribution in [0, 0.1) is 6.92 Å². The highest BCUT2D eigenvalue weighted by Crippen LogP contribution is 2.28. The molecule has 0 fully saturated rings. The van der Waals surface area contributed by atoms with E-state index in [9.17, 15) is 10.2 Å². The number of rotatable bonds is 4. The molecule has 0 aliphatic heterocycles. The molecule has 78 valence electrons. The average molecular weight is 194 g/mol. The van der Waals surface area contributed by atoms with E-state index in [1.165, 1.54) is 12.8 Å². The van der Waals surface area contributed by atoms with E-state index in [4.69, 9.17) is 0 Å². The Morgan fingerprint density at radius 2 is 1.71 bits per heavy atom. The molecule has 0 saturated heterocycles. The molecule has 0 saturated carbocycles. The van der Waals surface area contributed by atoms with Crippen LogP contribution >= 0.6 is 0 Å². The molecule has 0 aliphatic rings. The summed E-state index contributed by atoms with van der Waals surface area (Å²) >= 11 is 0. The van der Waals surface area contributed by atoms with Crippen molar-refractivity contribution >= 4 is 0 Å². The molecule has 0 unspecified atom stereocenters. The Kier molecular flexibility index (Phi) is 3.81. The third-order valence-corrected chi connectivity index (χ3v) is 2.48. The maximum Gasteiger partial charge on any atom is 0.157 e. The standard InChI is InChI=1S/C12H18O2/c1-3-4-5-6-10-8-12(14)11(13)7-9(10)2/h7-8,13-14H,3-6H2,1-2H3. The van der Waals surface area contributed by atoms with Crippen LogP contribution in [-0.4, -0.2) is 10.2 Å². The Labute approximate surface area is 85.2 Å². The number of aryl methyl sites for hydroxylation is 2. The highest BCUT2D eigenvalue weighted by molar-refractivity contribution is 5.45. The predicted octanol–water partition coefficient (Wildman–Crippen LogP) is 3.14. The van der Waals surface area contributed by atoms with Crippen molar-refractivity contribution in [2.45, 2.75) is 39.5 Å². The number of hydrogen-bond donors (Lipinski definition) is 2. The molecule has 2 N–H and O–H groups in total. The minimum Gasteiger partial charge on any atom is -0.504 e. The molecule has 0 amide bonds. The van der Waals surface area contributed by atoms with Crippen molar-refractivity contribution in [2.75, 3.05) is 0 Å². The molecule has 0 heterocycles. The molecule has 0 radical (unpaired) electrons. The average Bonchev–Trinajstić information content (AvgIpc) is 2.14. The van der Waals surface area contributed by atoms with Crippen LogP contribution in [-0.2, 0) is 6.42 Å². The highest BCUT2D eigenvalue weighted by atomic mass is 16.3. The van der Waals surface area contributed by atoms with E-state index in [0.717, 1.165) is 24.0 Å². The Morgan fingerprint density at radius 3 is 2.36 bits per heavy atom. The smallest absolute Gasteiger partial charge is 0.157 e. The first-order valence-corrected chi connectivity index (χ1v) is 5.16. The summed E-state index contributed by atoms with van der Waals surface area (Å²) in [5.41, 5.74) is 2.19. The summed E-state index contributed by atoms with van der Waals surface area (Å²) in [6, 6.07) is 3.29. The molecular weight excluding hydrogens is 176 g/mol. The summed E-state index contributed by atoms with van der Waals surface area (Å²) in [5.74, 6) is -0.0381. The molecular formula is C12H18O2. The normalized spacial score (nSPS) is 10.4. The van der Waals surface area contributed by atoms with E-state index in [-0.39, 0.29) is 11.5 Å². The van der Waals surface area contributed by atoms with Gasteiger partial charge in [0, 0.05) is 0 Å². The molecule has 0 aliphatic carbocycles. The van der Waals surface area contributed by atoms with Crippen molar-refractivity contribution in [1.29, 1.82) is 0 Å². The fourth-order valence-electron chi connectivity index (χ4n) is 1.56. The second-order valence-corrected chi connectivity index (χ2v) is 3.72. The molecule has 0 aromatic heterocycles. The fourth-order valence-corrected chi connectivity index (χ4v) is 1.56. The lowest BCUT2D eigenvalue weighted by Crippen LogP contribution is -1.90. The molecule has 1 rings (SSSR count). The van der Waals surface area contributed by atoms with Crippen molar-refractivity contribution in [3.05, 3.63) is 23.3 Å². The van der Waals surface area contributed by atoms with Crippen molar-refractivity contribution in [3.63, 3.8) is 0 Å². The molecule has 0 atom stereocenters. The molecule has 0 spiro atoms. The number of unbranched alkanes of at least 4 members (excludes halogenated alkanes) is 2. The van der Waals surface area contributed by atoms with Crippen LogP contribution in [0.1, 0.15) is 37.3 Å². The predicted molar refractivity (Wildman–Crippen MR) is 57.7 cm³/mol. The van der Waals surface area contributed by atoms with Gasteiger partial charge in [-0.2, -0.15) is 0 Å². The summed E-state index contributed by atoms with van der Waals surface area (Å²) in [4.78, 5) is 0. The minimum absolute atomic E-state index is 0.0119. The lowest BCUT2D eigenvalue weighted by Gasteiger charge is -2.07. The molecule has 1 aromatic rings. The van der Waals surface area contributed by atoms with Gasteiger partial charge in [0.15, 0.2) is 11.5 Å². The zero-order valence-electron chi connectivity index (χ0n) is 8.88. The summed E-state index contributed by atoms with van der Waals surface area (Å²) in [6.45, 7) is 4.13. The van der Waals surface area contributed by atoms with Crippen molar-refractivity contribution in [3.8, 4) is 11.5 Å². The maximum atomic E-state index is 9.33. The Hall–Kier alpha value is -1.18. The number of aromatic hydroxyl groups is 2. The van der Waals surface area contributed by atoms with Crippen LogP contribution in [0.3, 0.4) is 0 Å². The molecule has 2 nitrogen and oxygen atoms in total. The molecule has 0 bridgehead atoms. The van der Waals surface area contributed by atoms with Gasteiger partial charge in [0.25, 0.3) is 0 Å². The zero-order valence-corrected chi connectivity index (χ0v) is 8.88. The Bertz CT molecular complexity index is 305. The van der Waals surface area contributed by atoms with Crippen LogP contribution in [0.15, 0.2) is 12.1 Å². The topological polar surface area (TPSA) is 40.5 Å². The van der Waals surface area contributed by atoms with E-state index >= 15 is 0 Å². The van der Waals surface area contributed by atoms with Crippen LogP contribution in [0.5, 0.6) is 11.5 Å². The minimum atomic E-state index is -0.0262. The lowest BCUT2D eigenvalue weighted by molar-refractivity contribution is 0.402. The number of phenolic OH excluding ortho intramolecular Hbond substituents is 2. The van der Waals surface area contributed by atoms with E-state index < -0.39 is 0 Å². The van der Waals surface area contributed by atoms with Gasteiger partial charge in [-0.3, -0.25) is 0 Å². The van der Waals surface area contributed by atoms with Gasteiger partial charge in [-0.1, -0.05) is 19.8 Å². The fraction of sp³-hybridized carbons (Fsp3) is 0.500. The van der Waals surface area contributed by atoms with Gasteiger partial charge in [-0.15, -0.1) is 0 Å². The number of hydrogen-bond acceptors (Lipinski definition) is 2. The molecule has 1 aromatic carbocycles. The van der Waals surface area contributed by atoms with Gasteiger partial charge in [0.05, 0.1) is 0 Å². The van der Waals surface area contributed by atoms with Gasteiger partial charge in [-0.05, 0) is 43.0 Å². The summed E-state index contributed by atoms with van der Waals surface area (Å²) < 4.78 is 0. The van der Waals surface area contributed by atoms with Gasteiger partial charge in [0.1, 0.15) is 0 Å². The van der Waals surface area contributed by atoms with E-state index in [0.29, 0.717) is 0 Å². The first kappa shape index (κ1) is 10.9. The first-order chi connectivity index (χ1) is 6.65. The summed E-state index contributed by atoms with van der Waals surface area (Å²) in [7, 11) is 0. The van der Waals surface area contributed by atoms with Gasteiger partial charge in [-0.25, -0.2) is 0 Å². The van der Waals surface area contributed by atoms with E-state index in [2.05, 4.69) is 6.92 Å².